The van der Waals surface area contributed by atoms with Gasteiger partial charge in [0.2, 0.25) is 0 Å². The van der Waals surface area contributed by atoms with Crippen molar-refractivity contribution < 1.29 is 14.3 Å². The third-order valence-electron chi connectivity index (χ3n) is 3.91. The van der Waals surface area contributed by atoms with Gasteiger partial charge < -0.3 is 0 Å². The predicted octanol–water partition coefficient (Wildman–Crippen LogP) is 2.11. The number of hydrogen-bond acceptors (Lipinski definition) is 5. The van der Waals surface area contributed by atoms with Crippen LogP contribution in [-0.4, -0.2) is 18.8 Å². The molecule has 4 rings (SSSR count). The average Bonchev–Trinajstić information content (AvgIpc) is 3.22. The van der Waals surface area contributed by atoms with Crippen molar-refractivity contribution in [3.8, 4) is 5.75 Å². The van der Waals surface area contributed by atoms with E-state index in [0.29, 0.717) is 17.7 Å². The second kappa shape index (κ2) is 4.14. The van der Waals surface area contributed by atoms with Gasteiger partial charge in [0.15, 0.2) is 0 Å². The van der Waals surface area contributed by atoms with Crippen molar-refractivity contribution in [3.63, 3.8) is 0 Å². The Morgan fingerprint density at radius 2 is 2.15 bits per heavy atom. The molecule has 2 saturated heterocycles. The summed E-state index contributed by atoms with van der Waals surface area (Å²) in [6.45, 7) is 1.88. The quantitative estimate of drug-likeness (QED) is 0.127. The summed E-state index contributed by atoms with van der Waals surface area (Å²) >= 11 is 0.933. The van der Waals surface area contributed by atoms with Crippen molar-refractivity contribution in [2.24, 2.45) is 0 Å². The van der Waals surface area contributed by atoms with Crippen LogP contribution in [-0.2, 0) is 11.2 Å². The summed E-state index contributed by atoms with van der Waals surface area (Å²) in [5, 5.41) is 0. The van der Waals surface area contributed by atoms with Gasteiger partial charge in [-0.3, -0.25) is 0 Å². The molecule has 1 aromatic carbocycles. The summed E-state index contributed by atoms with van der Waals surface area (Å²) in [6, 6.07) is 5.47. The van der Waals surface area contributed by atoms with Crippen LogP contribution in [0.2, 0.25) is 0 Å². The number of ketones is 1. The van der Waals surface area contributed by atoms with Crippen molar-refractivity contribution >= 4 is 54.7 Å². The molecule has 20 heavy (non-hydrogen) atoms. The predicted molar refractivity (Wildman–Crippen MR) is 90.2 cm³/mol. The number of esters is 1. The van der Waals surface area contributed by atoms with Crippen LogP contribution in [0.3, 0.4) is 0 Å². The molecule has 2 fully saturated rings. The Kier molecular flexibility index (Phi) is 2.78. The first-order valence-corrected chi connectivity index (χ1v) is 10.6. The van der Waals surface area contributed by atoms with E-state index in [4.69, 9.17) is 4.74 Å². The Balaban J connectivity index is 1.62. The van der Waals surface area contributed by atoms with Crippen molar-refractivity contribution in [1.82, 2.24) is 7.06 Å². The summed E-state index contributed by atoms with van der Waals surface area (Å²) in [7, 11) is 0. The van der Waals surface area contributed by atoms with Crippen LogP contribution < -0.4 is 11.8 Å². The van der Waals surface area contributed by atoms with Gasteiger partial charge in [-0.1, -0.05) is 0 Å². The first-order valence-electron chi connectivity index (χ1n) is 6.27. The molecule has 5 nitrogen and oxygen atoms in total. The van der Waals surface area contributed by atoms with Gasteiger partial charge in [0.05, 0.1) is 0 Å². The molecule has 1 aromatic rings. The summed E-state index contributed by atoms with van der Waals surface area (Å²) < 4.78 is 11.5. The zero-order valence-corrected chi connectivity index (χ0v) is 14.9. The topological polar surface area (TPSA) is 87.2 Å². The number of benzene rings is 1. The molecule has 0 radical (unpaired) electrons. The van der Waals surface area contributed by atoms with Gasteiger partial charge in [0, 0.05) is 0 Å². The normalized spacial score (nSPS) is 25.5. The van der Waals surface area contributed by atoms with Gasteiger partial charge in [0.25, 0.3) is 0 Å². The SMILES string of the molecule is CC(I)(C(=O)Oc1cccc2c1C(=O)CC2)C12NI1N2. The van der Waals surface area contributed by atoms with Gasteiger partial charge in [-0.15, -0.1) is 0 Å². The van der Waals surface area contributed by atoms with Crippen molar-refractivity contribution in [2.75, 3.05) is 0 Å². The molecule has 0 amide bonds. The molecule has 7 heteroatoms. The number of alkyl halides is 2. The number of hydrogen-bond donors (Lipinski definition) is 2. The van der Waals surface area contributed by atoms with E-state index >= 15 is 0 Å². The van der Waals surface area contributed by atoms with Crippen LogP contribution in [0.4, 0.5) is 0 Å². The number of aryl methyl sites for hydroxylation is 1. The number of Topliss-reactive ketones (excluding diaryl/α,β-unsaturated/α-hetero) is 1. The van der Waals surface area contributed by atoms with Crippen LogP contribution in [0.25, 0.3) is 0 Å². The van der Waals surface area contributed by atoms with E-state index in [0.717, 1.165) is 12.0 Å². The summed E-state index contributed by atoms with van der Waals surface area (Å²) in [5.41, 5.74) is 1.57. The molecule has 2 aliphatic heterocycles. The Morgan fingerprint density at radius 1 is 1.45 bits per heavy atom. The number of halogens is 2. The summed E-state index contributed by atoms with van der Waals surface area (Å²) in [6.07, 6.45) is 1.25. The number of rotatable bonds is 3. The Bertz CT molecular complexity index is 653. The molecular weight excluding hydrogens is 486 g/mol. The van der Waals surface area contributed by atoms with Crippen LogP contribution in [0.1, 0.15) is 29.3 Å². The zero-order valence-electron chi connectivity index (χ0n) is 10.6. The number of carbonyl (C=O) groups excluding carboxylic acids is 2. The van der Waals surface area contributed by atoms with Gasteiger partial charge in [-0.2, -0.15) is 0 Å². The monoisotopic (exact) mass is 498 g/mol. The number of ether oxygens (including phenoxy) is 1. The second-order valence-electron chi connectivity index (χ2n) is 5.24. The first-order chi connectivity index (χ1) is 9.46. The average molecular weight is 498 g/mol. The van der Waals surface area contributed by atoms with Crippen LogP contribution in [0, 0.1) is 0 Å². The molecule has 0 spiro atoms. The third-order valence-corrected chi connectivity index (χ3v) is 11.0. The van der Waals surface area contributed by atoms with E-state index in [2.05, 4.69) is 29.7 Å². The maximum atomic E-state index is 12.5. The van der Waals surface area contributed by atoms with Crippen molar-refractivity contribution in [1.29, 1.82) is 0 Å². The Labute approximate surface area is 137 Å². The molecule has 1 aliphatic carbocycles. The minimum atomic E-state index is -1.21. The summed E-state index contributed by atoms with van der Waals surface area (Å²) in [5.74, 6) is 0.193. The number of fused-ring (bicyclic) bond motifs is 2. The van der Waals surface area contributed by atoms with Crippen LogP contribution >= 0.6 is 43.0 Å². The molecule has 2 heterocycles. The van der Waals surface area contributed by atoms with Crippen molar-refractivity contribution in [2.45, 2.75) is 26.9 Å². The van der Waals surface area contributed by atoms with E-state index in [-0.39, 0.29) is 15.4 Å². The zero-order chi connectivity index (χ0) is 14.1. The van der Waals surface area contributed by atoms with Gasteiger partial charge in [-0.05, 0) is 0 Å². The van der Waals surface area contributed by atoms with Gasteiger partial charge >= 0.3 is 138 Å². The minimum absolute atomic E-state index is 0.0688. The number of nitrogens with one attached hydrogen (secondary N) is 2. The van der Waals surface area contributed by atoms with E-state index < -0.39 is 23.8 Å². The Hall–Kier alpha value is -0.260. The molecule has 0 saturated carbocycles. The Morgan fingerprint density at radius 3 is 2.80 bits per heavy atom. The fourth-order valence-electron chi connectivity index (χ4n) is 2.48. The molecular formula is C13H12I2N2O3. The van der Waals surface area contributed by atoms with E-state index in [1.54, 1.807) is 6.07 Å². The fourth-order valence-corrected chi connectivity index (χ4v) is 10.2. The molecule has 2 N–H and O–H groups in total. The molecule has 1 unspecified atom stereocenters. The number of carbonyl (C=O) groups is 2. The van der Waals surface area contributed by atoms with E-state index in [1.807, 2.05) is 19.1 Å². The van der Waals surface area contributed by atoms with E-state index in [1.165, 1.54) is 0 Å². The molecule has 3 aliphatic rings. The molecule has 0 bridgehead atoms. The van der Waals surface area contributed by atoms with Gasteiger partial charge in [0.1, 0.15) is 0 Å². The van der Waals surface area contributed by atoms with Crippen molar-refractivity contribution in [3.05, 3.63) is 29.3 Å². The summed E-state index contributed by atoms with van der Waals surface area (Å²) in [4.78, 5) is 24.4. The maximum absolute atomic E-state index is 12.5. The fraction of sp³-hybridized carbons (Fsp3) is 0.385. The standard InChI is InChI=1S/C13H12I2N2O3/c1-12(14,13-15(16-13)17-13)11(19)20-9-4-2-3-7-5-6-8(18)10(7)9/h2-4,16-17H,5-6H2,1H3. The molecule has 1 atom stereocenters. The first kappa shape index (κ1) is 13.4. The molecule has 106 valence electrons. The van der Waals surface area contributed by atoms with Crippen LogP contribution in [0.15, 0.2) is 18.2 Å². The second-order valence-corrected chi connectivity index (χ2v) is 11.7. The van der Waals surface area contributed by atoms with Gasteiger partial charge in [-0.25, -0.2) is 0 Å². The van der Waals surface area contributed by atoms with E-state index in [9.17, 15) is 9.59 Å². The molecule has 0 aromatic heterocycles. The van der Waals surface area contributed by atoms with Crippen LogP contribution in [0.5, 0.6) is 5.75 Å². The third kappa shape index (κ3) is 1.72.